The first-order valence-electron chi connectivity index (χ1n) is 17.8. The average Bonchev–Trinajstić information content (AvgIpc) is 3.73. The molecule has 1 N–H and O–H groups in total. The summed E-state index contributed by atoms with van der Waals surface area (Å²) in [5, 5.41) is 5.80. The lowest BCUT2D eigenvalue weighted by molar-refractivity contribution is 0.769. The predicted molar refractivity (Wildman–Crippen MR) is 215 cm³/mol. The Hall–Kier alpha value is -6.84. The summed E-state index contributed by atoms with van der Waals surface area (Å²) in [7, 11) is 0. The van der Waals surface area contributed by atoms with Gasteiger partial charge in [0.05, 0.1) is 22.1 Å². The fourth-order valence-electron chi connectivity index (χ4n) is 8.80. The van der Waals surface area contributed by atoms with Gasteiger partial charge < -0.3 is 4.98 Å². The molecule has 10 aromatic rings. The Kier molecular flexibility index (Phi) is 6.17. The highest BCUT2D eigenvalue weighted by Gasteiger charge is 2.46. The number of fused-ring (bicyclic) bond motifs is 8. The van der Waals surface area contributed by atoms with E-state index in [1.807, 2.05) is 0 Å². The van der Waals surface area contributed by atoms with Crippen molar-refractivity contribution in [3.63, 3.8) is 0 Å². The Balaban J connectivity index is 1.17. The molecule has 0 fully saturated rings. The van der Waals surface area contributed by atoms with Crippen molar-refractivity contribution < 1.29 is 0 Å². The molecule has 0 amide bonds. The summed E-state index contributed by atoms with van der Waals surface area (Å²) in [6, 6.07) is 65.6. The number of nitrogens with zero attached hydrogens (tertiary/aromatic N) is 2. The molecule has 0 radical (unpaired) electrons. The molecule has 1 aliphatic carbocycles. The van der Waals surface area contributed by atoms with Crippen molar-refractivity contribution in [1.82, 2.24) is 15.0 Å². The number of benzene rings is 8. The molecule has 242 valence electrons. The molecule has 3 nitrogen and oxygen atoms in total. The van der Waals surface area contributed by atoms with E-state index in [-0.39, 0.29) is 0 Å². The van der Waals surface area contributed by atoms with Gasteiger partial charge in [0.1, 0.15) is 0 Å². The summed E-state index contributed by atoms with van der Waals surface area (Å²) in [5.41, 5.74) is 13.3. The van der Waals surface area contributed by atoms with E-state index in [0.717, 1.165) is 44.1 Å². The number of rotatable bonds is 4. The van der Waals surface area contributed by atoms with E-state index in [0.29, 0.717) is 5.82 Å². The van der Waals surface area contributed by atoms with Crippen molar-refractivity contribution in [2.75, 3.05) is 0 Å². The number of hydrogen-bond acceptors (Lipinski definition) is 2. The van der Waals surface area contributed by atoms with Crippen LogP contribution in [-0.2, 0) is 5.41 Å². The molecule has 0 spiro atoms. The smallest absolute Gasteiger partial charge is 0.162 e. The minimum Gasteiger partial charge on any atom is -0.354 e. The van der Waals surface area contributed by atoms with Gasteiger partial charge in [0.25, 0.3) is 0 Å². The largest absolute Gasteiger partial charge is 0.354 e. The van der Waals surface area contributed by atoms with Crippen LogP contribution >= 0.6 is 0 Å². The van der Waals surface area contributed by atoms with Crippen LogP contribution in [0.25, 0.3) is 77.3 Å². The van der Waals surface area contributed by atoms with Gasteiger partial charge >= 0.3 is 0 Å². The summed E-state index contributed by atoms with van der Waals surface area (Å²) < 4.78 is 0. The highest BCUT2D eigenvalue weighted by Crippen LogP contribution is 2.57. The monoisotopic (exact) mass is 661 g/mol. The maximum atomic E-state index is 5.33. The van der Waals surface area contributed by atoms with Gasteiger partial charge in [-0.1, -0.05) is 152 Å². The van der Waals surface area contributed by atoms with Crippen LogP contribution in [0.3, 0.4) is 0 Å². The zero-order valence-corrected chi connectivity index (χ0v) is 28.2. The van der Waals surface area contributed by atoms with E-state index in [1.165, 1.54) is 49.5 Å². The van der Waals surface area contributed by atoms with E-state index in [1.54, 1.807) is 0 Å². The van der Waals surface area contributed by atoms with E-state index >= 15 is 0 Å². The Morgan fingerprint density at radius 3 is 1.92 bits per heavy atom. The second-order valence-corrected chi connectivity index (χ2v) is 13.8. The molecule has 52 heavy (non-hydrogen) atoms. The quantitative estimate of drug-likeness (QED) is 0.204. The van der Waals surface area contributed by atoms with E-state index in [2.05, 4.69) is 187 Å². The molecule has 2 heterocycles. The van der Waals surface area contributed by atoms with Crippen molar-refractivity contribution in [3.05, 3.63) is 204 Å². The first-order chi connectivity index (χ1) is 25.8. The van der Waals surface area contributed by atoms with Crippen LogP contribution in [0, 0.1) is 0 Å². The van der Waals surface area contributed by atoms with Crippen LogP contribution in [0.5, 0.6) is 0 Å². The van der Waals surface area contributed by atoms with Gasteiger partial charge in [0, 0.05) is 32.8 Å². The maximum absolute atomic E-state index is 5.33. The zero-order valence-electron chi connectivity index (χ0n) is 28.2. The molecule has 8 aromatic carbocycles. The molecule has 0 bridgehead atoms. The predicted octanol–water partition coefficient (Wildman–Crippen LogP) is 12.1. The van der Waals surface area contributed by atoms with Gasteiger partial charge in [-0.25, -0.2) is 9.97 Å². The van der Waals surface area contributed by atoms with Crippen molar-refractivity contribution >= 4 is 43.5 Å². The minimum absolute atomic E-state index is 0.459. The molecule has 0 saturated heterocycles. The van der Waals surface area contributed by atoms with Crippen molar-refractivity contribution in [2.24, 2.45) is 0 Å². The zero-order chi connectivity index (χ0) is 34.2. The Labute approximate surface area is 300 Å². The highest BCUT2D eigenvalue weighted by atomic mass is 14.9. The summed E-state index contributed by atoms with van der Waals surface area (Å²) in [6.07, 6.45) is 0. The molecule has 11 rings (SSSR count). The third-order valence-corrected chi connectivity index (χ3v) is 11.1. The fraction of sp³-hybridized carbons (Fsp3) is 0.0204. The van der Waals surface area contributed by atoms with Gasteiger partial charge in [-0.2, -0.15) is 0 Å². The SMILES string of the molecule is c1ccc(C2(c3ccccc3)c3ccccc3-c3cc4c(cc32)[nH]c2c(-c3nc(-c5ccc6ccccc6c5)c5ccccc5n3)cccc24)cc1. The molecular weight excluding hydrogens is 631 g/mol. The first kappa shape index (κ1) is 28.9. The summed E-state index contributed by atoms with van der Waals surface area (Å²) >= 11 is 0. The lowest BCUT2D eigenvalue weighted by Gasteiger charge is -2.33. The lowest BCUT2D eigenvalue weighted by Crippen LogP contribution is -2.28. The molecule has 0 saturated carbocycles. The number of aromatic amines is 1. The van der Waals surface area contributed by atoms with Crippen LogP contribution in [0.2, 0.25) is 0 Å². The molecule has 1 aliphatic rings. The van der Waals surface area contributed by atoms with E-state index in [9.17, 15) is 0 Å². The molecular formula is C49H31N3. The summed E-state index contributed by atoms with van der Waals surface area (Å²) in [6.45, 7) is 0. The molecule has 0 unspecified atom stereocenters. The van der Waals surface area contributed by atoms with E-state index in [4.69, 9.17) is 9.97 Å². The van der Waals surface area contributed by atoms with Crippen LogP contribution in [-0.4, -0.2) is 15.0 Å². The average molecular weight is 662 g/mol. The Morgan fingerprint density at radius 1 is 0.423 bits per heavy atom. The van der Waals surface area contributed by atoms with Gasteiger partial charge in [-0.15, -0.1) is 0 Å². The molecule has 2 aromatic heterocycles. The van der Waals surface area contributed by atoms with Gasteiger partial charge in [0.2, 0.25) is 0 Å². The van der Waals surface area contributed by atoms with Crippen LogP contribution in [0.15, 0.2) is 182 Å². The van der Waals surface area contributed by atoms with Crippen molar-refractivity contribution in [2.45, 2.75) is 5.41 Å². The third-order valence-electron chi connectivity index (χ3n) is 11.1. The van der Waals surface area contributed by atoms with Gasteiger partial charge in [-0.05, 0) is 74.5 Å². The lowest BCUT2D eigenvalue weighted by atomic mass is 9.67. The van der Waals surface area contributed by atoms with Crippen LogP contribution in [0.1, 0.15) is 22.3 Å². The normalized spacial score (nSPS) is 13.2. The summed E-state index contributed by atoms with van der Waals surface area (Å²) in [5.74, 6) is 0.708. The fourth-order valence-corrected chi connectivity index (χ4v) is 8.80. The maximum Gasteiger partial charge on any atom is 0.162 e. The topological polar surface area (TPSA) is 41.6 Å². The summed E-state index contributed by atoms with van der Waals surface area (Å²) in [4.78, 5) is 14.4. The second-order valence-electron chi connectivity index (χ2n) is 13.8. The standard InChI is InChI=1S/C49H31N3/c1-3-16-34(17-4-1)49(35-18-5-2-6-19-35)42-24-11-9-20-36(42)40-29-41-37-22-13-23-39(47(37)50-45(41)30-43(40)49)48-51-44-25-12-10-21-38(44)46(52-48)33-27-26-31-14-7-8-15-32(31)28-33/h1-30,50H. The van der Waals surface area contributed by atoms with Crippen LogP contribution in [0.4, 0.5) is 0 Å². The second kappa shape index (κ2) is 11.1. The Morgan fingerprint density at radius 2 is 1.10 bits per heavy atom. The molecule has 0 aliphatic heterocycles. The van der Waals surface area contributed by atoms with Gasteiger partial charge in [0.15, 0.2) is 5.82 Å². The number of para-hydroxylation sites is 2. The van der Waals surface area contributed by atoms with Crippen molar-refractivity contribution in [3.8, 4) is 33.8 Å². The molecule has 3 heteroatoms. The number of hydrogen-bond donors (Lipinski definition) is 1. The number of H-pyrrole nitrogens is 1. The Bertz CT molecular complexity index is 2970. The third kappa shape index (κ3) is 4.08. The molecule has 0 atom stereocenters. The number of nitrogens with one attached hydrogen (secondary N) is 1. The highest BCUT2D eigenvalue weighted by molar-refractivity contribution is 6.14. The number of aromatic nitrogens is 3. The first-order valence-corrected chi connectivity index (χ1v) is 17.8. The minimum atomic E-state index is -0.459. The van der Waals surface area contributed by atoms with Crippen LogP contribution < -0.4 is 0 Å². The van der Waals surface area contributed by atoms with E-state index < -0.39 is 5.41 Å². The van der Waals surface area contributed by atoms with Gasteiger partial charge in [-0.3, -0.25) is 0 Å². The van der Waals surface area contributed by atoms with Crippen molar-refractivity contribution in [1.29, 1.82) is 0 Å².